The SMILES string of the molecule is Cc1c(-c2ccc(C(N)=O)c3[nH]c(-c4cnn(C[C@H](O)CO)c4)cc23)cccc1-n1cnc2ccccc2c1=O. The van der Waals surface area contributed by atoms with Crippen molar-refractivity contribution >= 4 is 27.7 Å². The highest BCUT2D eigenvalue weighted by Gasteiger charge is 2.19. The van der Waals surface area contributed by atoms with Crippen LogP contribution in [0.1, 0.15) is 15.9 Å². The van der Waals surface area contributed by atoms with Crippen LogP contribution in [0.4, 0.5) is 0 Å². The molecule has 0 aliphatic carbocycles. The molecule has 200 valence electrons. The number of aromatic amines is 1. The van der Waals surface area contributed by atoms with E-state index < -0.39 is 12.0 Å². The molecule has 0 unspecified atom stereocenters. The first kappa shape index (κ1) is 25.2. The van der Waals surface area contributed by atoms with Gasteiger partial charge in [-0.05, 0) is 53.9 Å². The third-order valence-electron chi connectivity index (χ3n) is 7.13. The van der Waals surface area contributed by atoms with Gasteiger partial charge in [0.25, 0.3) is 11.5 Å². The lowest BCUT2D eigenvalue weighted by Crippen LogP contribution is -2.19. The highest BCUT2D eigenvalue weighted by atomic mass is 16.3. The lowest BCUT2D eigenvalue weighted by molar-refractivity contribution is 0.0783. The summed E-state index contributed by atoms with van der Waals surface area (Å²) in [5.41, 5.74) is 11.9. The normalized spacial score (nSPS) is 12.3. The van der Waals surface area contributed by atoms with Gasteiger partial charge in [0.05, 0.1) is 53.1 Å². The smallest absolute Gasteiger partial charge is 0.265 e. The molecule has 0 saturated carbocycles. The molecule has 3 heterocycles. The van der Waals surface area contributed by atoms with Crippen molar-refractivity contribution in [3.05, 3.63) is 101 Å². The number of carbonyl (C=O) groups is 1. The highest BCUT2D eigenvalue weighted by molar-refractivity contribution is 6.10. The number of hydrogen-bond donors (Lipinski definition) is 4. The number of hydrogen-bond acceptors (Lipinski definition) is 6. The number of carbonyl (C=O) groups excluding carboxylic acids is 1. The predicted molar refractivity (Wildman–Crippen MR) is 152 cm³/mol. The van der Waals surface area contributed by atoms with Crippen LogP contribution in [0.3, 0.4) is 0 Å². The van der Waals surface area contributed by atoms with E-state index in [-0.39, 0.29) is 18.7 Å². The summed E-state index contributed by atoms with van der Waals surface area (Å²) in [5.74, 6) is -0.564. The van der Waals surface area contributed by atoms with Crippen LogP contribution < -0.4 is 11.3 Å². The molecule has 0 saturated heterocycles. The van der Waals surface area contributed by atoms with Gasteiger partial charge in [-0.15, -0.1) is 0 Å². The average Bonchev–Trinajstić information content (AvgIpc) is 3.61. The van der Waals surface area contributed by atoms with E-state index in [9.17, 15) is 14.7 Å². The maximum atomic E-state index is 13.3. The summed E-state index contributed by atoms with van der Waals surface area (Å²) in [7, 11) is 0. The van der Waals surface area contributed by atoms with Crippen LogP contribution in [0.25, 0.3) is 49.9 Å². The lowest BCUT2D eigenvalue weighted by Gasteiger charge is -2.15. The Morgan fingerprint density at radius 1 is 1.07 bits per heavy atom. The topological polar surface area (TPSA) is 152 Å². The number of primary amides is 1. The number of aromatic nitrogens is 5. The van der Waals surface area contributed by atoms with Gasteiger partial charge in [-0.3, -0.25) is 18.8 Å². The zero-order valence-corrected chi connectivity index (χ0v) is 21.6. The Bertz CT molecular complexity index is 1970. The van der Waals surface area contributed by atoms with E-state index in [4.69, 9.17) is 10.8 Å². The molecule has 3 aromatic carbocycles. The fraction of sp³-hybridized carbons (Fsp3) is 0.133. The molecule has 3 aromatic heterocycles. The minimum Gasteiger partial charge on any atom is -0.394 e. The van der Waals surface area contributed by atoms with Crippen LogP contribution in [0, 0.1) is 6.92 Å². The monoisotopic (exact) mass is 534 g/mol. The second kappa shape index (κ2) is 9.92. The van der Waals surface area contributed by atoms with E-state index in [0.29, 0.717) is 33.4 Å². The van der Waals surface area contributed by atoms with Gasteiger partial charge in [0, 0.05) is 22.8 Å². The molecule has 0 aliphatic rings. The number of H-pyrrole nitrogens is 1. The Labute approximate surface area is 228 Å². The molecule has 0 spiro atoms. The molecule has 6 rings (SSSR count). The third-order valence-corrected chi connectivity index (χ3v) is 7.13. The van der Waals surface area contributed by atoms with Gasteiger partial charge in [-0.25, -0.2) is 4.98 Å². The first-order chi connectivity index (χ1) is 19.4. The number of para-hydroxylation sites is 1. The second-order valence-corrected chi connectivity index (χ2v) is 9.67. The number of nitrogens with one attached hydrogen (secondary N) is 1. The number of fused-ring (bicyclic) bond motifs is 2. The van der Waals surface area contributed by atoms with E-state index in [1.54, 1.807) is 40.1 Å². The zero-order valence-electron chi connectivity index (χ0n) is 21.6. The molecule has 5 N–H and O–H groups in total. The van der Waals surface area contributed by atoms with Crippen molar-refractivity contribution in [1.82, 2.24) is 24.3 Å². The molecule has 6 aromatic rings. The number of rotatable bonds is 7. The van der Waals surface area contributed by atoms with Crippen molar-refractivity contribution in [3.8, 4) is 28.1 Å². The maximum Gasteiger partial charge on any atom is 0.265 e. The number of amides is 1. The molecule has 10 nitrogen and oxygen atoms in total. The van der Waals surface area contributed by atoms with Gasteiger partial charge in [-0.2, -0.15) is 5.10 Å². The van der Waals surface area contributed by atoms with Gasteiger partial charge in [0.15, 0.2) is 0 Å². The molecule has 10 heteroatoms. The van der Waals surface area contributed by atoms with E-state index in [0.717, 1.165) is 27.6 Å². The largest absolute Gasteiger partial charge is 0.394 e. The standard InChI is InChI=1S/C30H26N6O4/c1-17-20(6-4-8-27(17)36-16-32-25-7-3-2-5-22(25)30(36)40)21-9-10-23(29(31)39)28-24(21)11-26(34-28)18-12-33-35(13-18)14-19(38)15-37/h2-13,16,19,34,37-38H,14-15H2,1H3,(H2,31,39)/t19-/m0/s1. The Morgan fingerprint density at radius 2 is 1.90 bits per heavy atom. The van der Waals surface area contributed by atoms with Gasteiger partial charge in [0.2, 0.25) is 0 Å². The van der Waals surface area contributed by atoms with E-state index in [1.165, 1.54) is 0 Å². The summed E-state index contributed by atoms with van der Waals surface area (Å²) in [6, 6.07) is 18.4. The first-order valence-electron chi connectivity index (χ1n) is 12.7. The van der Waals surface area contributed by atoms with Gasteiger partial charge in [0.1, 0.15) is 6.33 Å². The van der Waals surface area contributed by atoms with Crippen LogP contribution in [0.2, 0.25) is 0 Å². The van der Waals surface area contributed by atoms with Crippen molar-refractivity contribution in [1.29, 1.82) is 0 Å². The summed E-state index contributed by atoms with van der Waals surface area (Å²) < 4.78 is 3.09. The van der Waals surface area contributed by atoms with Crippen molar-refractivity contribution < 1.29 is 15.0 Å². The number of nitrogens with zero attached hydrogens (tertiary/aromatic N) is 4. The molecule has 1 amide bonds. The fourth-order valence-electron chi connectivity index (χ4n) is 5.11. The lowest BCUT2D eigenvalue weighted by atomic mass is 9.94. The molecule has 40 heavy (non-hydrogen) atoms. The van der Waals surface area contributed by atoms with Crippen molar-refractivity contribution in [3.63, 3.8) is 0 Å². The van der Waals surface area contributed by atoms with Crippen LogP contribution in [-0.4, -0.2) is 53.1 Å². The van der Waals surface area contributed by atoms with Crippen molar-refractivity contribution in [2.75, 3.05) is 6.61 Å². The Balaban J connectivity index is 1.50. The summed E-state index contributed by atoms with van der Waals surface area (Å²) in [6.07, 6.45) is 4.01. The summed E-state index contributed by atoms with van der Waals surface area (Å²) in [6.45, 7) is 1.72. The zero-order chi connectivity index (χ0) is 28.0. The minimum atomic E-state index is -0.927. The molecular formula is C30H26N6O4. The van der Waals surface area contributed by atoms with Crippen LogP contribution in [0.15, 0.2) is 84.2 Å². The number of benzene rings is 3. The Hall–Kier alpha value is -5.06. The molecule has 0 radical (unpaired) electrons. The maximum absolute atomic E-state index is 13.3. The van der Waals surface area contributed by atoms with E-state index in [2.05, 4.69) is 15.1 Å². The van der Waals surface area contributed by atoms with Gasteiger partial charge in [-0.1, -0.05) is 30.3 Å². The van der Waals surface area contributed by atoms with Crippen LogP contribution >= 0.6 is 0 Å². The number of nitrogens with two attached hydrogens (primary N) is 1. The summed E-state index contributed by atoms with van der Waals surface area (Å²) in [4.78, 5) is 33.4. The third kappa shape index (κ3) is 4.25. The van der Waals surface area contributed by atoms with Crippen LogP contribution in [0.5, 0.6) is 0 Å². The van der Waals surface area contributed by atoms with Crippen LogP contribution in [-0.2, 0) is 6.54 Å². The molecule has 0 aliphatic heterocycles. The van der Waals surface area contributed by atoms with E-state index >= 15 is 0 Å². The summed E-state index contributed by atoms with van der Waals surface area (Å²) in [5, 5.41) is 24.5. The first-order valence-corrected chi connectivity index (χ1v) is 12.7. The summed E-state index contributed by atoms with van der Waals surface area (Å²) >= 11 is 0. The fourth-order valence-corrected chi connectivity index (χ4v) is 5.11. The van der Waals surface area contributed by atoms with Crippen molar-refractivity contribution in [2.45, 2.75) is 19.6 Å². The highest BCUT2D eigenvalue weighted by Crippen LogP contribution is 2.37. The molecule has 1 atom stereocenters. The average molecular weight is 535 g/mol. The Kier molecular flexibility index (Phi) is 6.25. The van der Waals surface area contributed by atoms with E-state index in [1.807, 2.05) is 55.5 Å². The van der Waals surface area contributed by atoms with Gasteiger partial charge >= 0.3 is 0 Å². The number of aliphatic hydroxyl groups excluding tert-OH is 2. The van der Waals surface area contributed by atoms with Gasteiger partial charge < -0.3 is 20.9 Å². The molecular weight excluding hydrogens is 508 g/mol. The second-order valence-electron chi connectivity index (χ2n) is 9.67. The predicted octanol–water partition coefficient (Wildman–Crippen LogP) is 3.16. The Morgan fingerprint density at radius 3 is 2.70 bits per heavy atom. The quantitative estimate of drug-likeness (QED) is 0.247. The minimum absolute atomic E-state index is 0.142. The van der Waals surface area contributed by atoms with Crippen molar-refractivity contribution in [2.24, 2.45) is 5.73 Å². The number of aliphatic hydroxyl groups is 2. The molecule has 0 fully saturated rings. The molecule has 0 bridgehead atoms.